The van der Waals surface area contributed by atoms with Crippen molar-refractivity contribution in [3.63, 3.8) is 0 Å². The van der Waals surface area contributed by atoms with E-state index in [4.69, 9.17) is 9.47 Å². The number of hydrogen-bond acceptors (Lipinski definition) is 6. The summed E-state index contributed by atoms with van der Waals surface area (Å²) in [5, 5.41) is 0. The number of hydrogen-bond donors (Lipinski definition) is 0. The summed E-state index contributed by atoms with van der Waals surface area (Å²) in [5.74, 6) is -4.62. The maximum absolute atomic E-state index is 14.2. The average molecular weight is 347 g/mol. The Labute approximate surface area is 142 Å². The van der Waals surface area contributed by atoms with Gasteiger partial charge in [-0.25, -0.2) is 9.29 Å². The predicted octanol–water partition coefficient (Wildman–Crippen LogP) is 1.52. The Morgan fingerprint density at radius 1 is 1.20 bits per heavy atom. The van der Waals surface area contributed by atoms with Gasteiger partial charge in [0.2, 0.25) is 23.2 Å². The molecule has 0 spiro atoms. The van der Waals surface area contributed by atoms with Crippen molar-refractivity contribution in [2.75, 3.05) is 0 Å². The van der Waals surface area contributed by atoms with Crippen LogP contribution in [0.4, 0.5) is 4.39 Å². The molecule has 1 unspecified atom stereocenters. The molecule has 1 aromatic rings. The van der Waals surface area contributed by atoms with Crippen LogP contribution in [-0.4, -0.2) is 28.5 Å². The number of Topliss-reactive ketones (excluding diaryl/α,β-unsaturated/α-hetero) is 1. The SMILES string of the molecule is CC(=O)OC1=C(N2C(=O)CCC2=O)OC(C)(c2ccccc2F)C1=O. The highest BCUT2D eigenvalue weighted by Gasteiger charge is 2.54. The number of nitrogens with zero attached hydrogens (tertiary/aromatic N) is 1. The lowest BCUT2D eigenvalue weighted by molar-refractivity contribution is -0.144. The first-order valence-corrected chi connectivity index (χ1v) is 7.53. The van der Waals surface area contributed by atoms with E-state index in [0.29, 0.717) is 4.90 Å². The second-order valence-electron chi connectivity index (χ2n) is 5.80. The van der Waals surface area contributed by atoms with Crippen LogP contribution < -0.4 is 0 Å². The number of carbonyl (C=O) groups excluding carboxylic acids is 4. The Morgan fingerprint density at radius 2 is 1.80 bits per heavy atom. The van der Waals surface area contributed by atoms with E-state index >= 15 is 0 Å². The van der Waals surface area contributed by atoms with Crippen molar-refractivity contribution in [3.8, 4) is 0 Å². The highest BCUT2D eigenvalue weighted by atomic mass is 19.1. The Kier molecular flexibility index (Phi) is 3.90. The summed E-state index contributed by atoms with van der Waals surface area (Å²) in [4.78, 5) is 48.8. The first kappa shape index (κ1) is 16.8. The van der Waals surface area contributed by atoms with Gasteiger partial charge in [-0.3, -0.25) is 19.2 Å². The second-order valence-corrected chi connectivity index (χ2v) is 5.80. The van der Waals surface area contributed by atoms with Gasteiger partial charge in [0.1, 0.15) is 5.82 Å². The highest BCUT2D eigenvalue weighted by Crippen LogP contribution is 2.42. The van der Waals surface area contributed by atoms with Crippen molar-refractivity contribution in [2.24, 2.45) is 0 Å². The fourth-order valence-electron chi connectivity index (χ4n) is 2.81. The van der Waals surface area contributed by atoms with E-state index < -0.39 is 46.6 Å². The molecule has 0 radical (unpaired) electrons. The van der Waals surface area contributed by atoms with E-state index in [1.807, 2.05) is 0 Å². The first-order valence-electron chi connectivity index (χ1n) is 7.53. The molecule has 0 aromatic heterocycles. The van der Waals surface area contributed by atoms with Crippen LogP contribution in [0.5, 0.6) is 0 Å². The normalized spacial score (nSPS) is 23.3. The Morgan fingerprint density at radius 3 is 2.36 bits per heavy atom. The van der Waals surface area contributed by atoms with Gasteiger partial charge < -0.3 is 9.47 Å². The zero-order valence-corrected chi connectivity index (χ0v) is 13.5. The molecule has 7 nitrogen and oxygen atoms in total. The quantitative estimate of drug-likeness (QED) is 0.608. The molecule has 0 saturated carbocycles. The molecular weight excluding hydrogens is 333 g/mol. The molecule has 25 heavy (non-hydrogen) atoms. The van der Waals surface area contributed by atoms with Crippen molar-refractivity contribution in [2.45, 2.75) is 32.3 Å². The minimum absolute atomic E-state index is 0.0519. The number of amides is 2. The van der Waals surface area contributed by atoms with Crippen LogP contribution in [0.3, 0.4) is 0 Å². The third-order valence-electron chi connectivity index (χ3n) is 4.02. The summed E-state index contributed by atoms with van der Waals surface area (Å²) in [6, 6.07) is 5.44. The number of ketones is 1. The monoisotopic (exact) mass is 347 g/mol. The molecule has 130 valence electrons. The van der Waals surface area contributed by atoms with Gasteiger partial charge in [-0.2, -0.15) is 0 Å². The van der Waals surface area contributed by atoms with Crippen LogP contribution >= 0.6 is 0 Å². The van der Waals surface area contributed by atoms with E-state index in [1.165, 1.54) is 25.1 Å². The maximum atomic E-state index is 14.2. The van der Waals surface area contributed by atoms with Gasteiger partial charge in [0.25, 0.3) is 11.7 Å². The first-order chi connectivity index (χ1) is 11.8. The molecular formula is C17H14FNO6. The topological polar surface area (TPSA) is 90.0 Å². The van der Waals surface area contributed by atoms with Gasteiger partial charge in [-0.1, -0.05) is 18.2 Å². The van der Waals surface area contributed by atoms with E-state index in [-0.39, 0.29) is 18.4 Å². The summed E-state index contributed by atoms with van der Waals surface area (Å²) >= 11 is 0. The van der Waals surface area contributed by atoms with E-state index in [9.17, 15) is 23.6 Å². The number of likely N-dealkylation sites (tertiary alicyclic amines) is 1. The third kappa shape index (κ3) is 2.59. The molecule has 2 aliphatic heterocycles. The van der Waals surface area contributed by atoms with Crippen LogP contribution in [0.25, 0.3) is 0 Å². The maximum Gasteiger partial charge on any atom is 0.308 e. The molecule has 1 aromatic carbocycles. The van der Waals surface area contributed by atoms with Crippen LogP contribution in [0.15, 0.2) is 35.9 Å². The molecule has 1 atom stereocenters. The number of esters is 1. The molecule has 1 fully saturated rings. The second kappa shape index (κ2) is 5.80. The van der Waals surface area contributed by atoms with E-state index in [0.717, 1.165) is 13.0 Å². The van der Waals surface area contributed by atoms with Crippen LogP contribution in [0.2, 0.25) is 0 Å². The van der Waals surface area contributed by atoms with E-state index in [2.05, 4.69) is 0 Å². The zero-order valence-electron chi connectivity index (χ0n) is 13.5. The molecule has 2 amide bonds. The zero-order chi connectivity index (χ0) is 18.4. The summed E-state index contributed by atoms with van der Waals surface area (Å²) < 4.78 is 24.7. The standard InChI is InChI=1S/C17H14FNO6/c1-9(20)24-14-15(23)17(2,10-5-3-4-6-11(10)18)25-16(14)19-12(21)7-8-13(19)22/h3-6H,7-8H2,1-2H3. The van der Waals surface area contributed by atoms with Crippen LogP contribution in [0.1, 0.15) is 32.3 Å². The van der Waals surface area contributed by atoms with Gasteiger partial charge in [0.15, 0.2) is 0 Å². The highest BCUT2D eigenvalue weighted by molar-refractivity contribution is 6.08. The summed E-state index contributed by atoms with van der Waals surface area (Å²) in [7, 11) is 0. The van der Waals surface area contributed by atoms with Crippen molar-refractivity contribution in [1.29, 1.82) is 0 Å². The van der Waals surface area contributed by atoms with Gasteiger partial charge >= 0.3 is 5.97 Å². The number of imide groups is 1. The molecule has 3 rings (SSSR count). The fraction of sp³-hybridized carbons (Fsp3) is 0.294. The molecule has 2 heterocycles. The molecule has 0 bridgehead atoms. The fourth-order valence-corrected chi connectivity index (χ4v) is 2.81. The Balaban J connectivity index is 2.11. The minimum atomic E-state index is -1.87. The number of benzene rings is 1. The van der Waals surface area contributed by atoms with Crippen LogP contribution in [0, 0.1) is 5.82 Å². The molecule has 0 aliphatic carbocycles. The summed E-state index contributed by atoms with van der Waals surface area (Å²) in [6.45, 7) is 2.35. The van der Waals surface area contributed by atoms with Gasteiger partial charge in [-0.05, 0) is 13.0 Å². The van der Waals surface area contributed by atoms with Crippen molar-refractivity contribution < 1.29 is 33.0 Å². The Hall–Kier alpha value is -3.03. The van der Waals surface area contributed by atoms with Gasteiger partial charge in [0, 0.05) is 25.3 Å². The van der Waals surface area contributed by atoms with E-state index in [1.54, 1.807) is 0 Å². The average Bonchev–Trinajstić information content (AvgIpc) is 2.99. The van der Waals surface area contributed by atoms with Crippen LogP contribution in [-0.2, 0) is 34.3 Å². The Bertz CT molecular complexity index is 829. The number of carbonyl (C=O) groups is 4. The minimum Gasteiger partial charge on any atom is -0.456 e. The van der Waals surface area contributed by atoms with Gasteiger partial charge in [-0.15, -0.1) is 0 Å². The van der Waals surface area contributed by atoms with Gasteiger partial charge in [0.05, 0.1) is 0 Å². The molecule has 2 aliphatic rings. The summed E-state index contributed by atoms with van der Waals surface area (Å²) in [6.07, 6.45) is -0.104. The number of rotatable bonds is 3. The lowest BCUT2D eigenvalue weighted by Crippen LogP contribution is -2.34. The smallest absolute Gasteiger partial charge is 0.308 e. The summed E-state index contributed by atoms with van der Waals surface area (Å²) in [5.41, 5.74) is -1.96. The molecule has 1 saturated heterocycles. The predicted molar refractivity (Wildman–Crippen MR) is 79.7 cm³/mol. The number of ether oxygens (including phenoxy) is 2. The van der Waals surface area contributed by atoms with Crippen molar-refractivity contribution in [1.82, 2.24) is 4.90 Å². The largest absolute Gasteiger partial charge is 0.456 e. The lowest BCUT2D eigenvalue weighted by atomic mass is 9.91. The van der Waals surface area contributed by atoms with Crippen molar-refractivity contribution >= 4 is 23.6 Å². The molecule has 8 heteroatoms. The molecule has 0 N–H and O–H groups in total. The lowest BCUT2D eigenvalue weighted by Gasteiger charge is -2.25. The number of halogens is 1. The third-order valence-corrected chi connectivity index (χ3v) is 4.02. The van der Waals surface area contributed by atoms with Crippen molar-refractivity contribution in [3.05, 3.63) is 47.3 Å².